The minimum Gasteiger partial charge on any atom is -0.339 e. The van der Waals surface area contributed by atoms with Gasteiger partial charge in [0, 0.05) is 42.9 Å². The van der Waals surface area contributed by atoms with Crippen LogP contribution in [0.2, 0.25) is 5.02 Å². The van der Waals surface area contributed by atoms with E-state index in [4.69, 9.17) is 11.6 Å². The van der Waals surface area contributed by atoms with Gasteiger partial charge in [-0.3, -0.25) is 0 Å². The zero-order chi connectivity index (χ0) is 13.8. The van der Waals surface area contributed by atoms with Crippen LogP contribution in [0.3, 0.4) is 0 Å². The third-order valence-corrected chi connectivity index (χ3v) is 4.89. The normalized spacial score (nSPS) is 19.2. The molecule has 1 atom stereocenters. The Labute approximate surface area is 127 Å². The molecule has 0 bridgehead atoms. The monoisotopic (exact) mass is 308 g/mol. The number of piperidine rings is 1. The maximum atomic E-state index is 6.12. The summed E-state index contributed by atoms with van der Waals surface area (Å²) in [5.41, 5.74) is 0. The van der Waals surface area contributed by atoms with E-state index in [-0.39, 0.29) is 0 Å². The molecule has 1 saturated heterocycles. The summed E-state index contributed by atoms with van der Waals surface area (Å²) in [5, 5.41) is 6.49. The second-order valence-corrected chi connectivity index (χ2v) is 6.31. The summed E-state index contributed by atoms with van der Waals surface area (Å²) in [5.74, 6) is 0.827. The van der Waals surface area contributed by atoms with Gasteiger partial charge in [-0.25, -0.2) is 9.97 Å². The molecule has 1 unspecified atom stereocenters. The Kier molecular flexibility index (Phi) is 4.50. The topological polar surface area (TPSA) is 41.0 Å². The molecule has 3 rings (SSSR count). The minimum absolute atomic E-state index is 0.464. The lowest BCUT2D eigenvalue weighted by Gasteiger charge is -2.33. The lowest BCUT2D eigenvalue weighted by molar-refractivity contribution is 0.419. The number of anilines is 1. The number of aromatic nitrogens is 2. The first-order valence-corrected chi connectivity index (χ1v) is 8.06. The summed E-state index contributed by atoms with van der Waals surface area (Å²) in [7, 11) is 0. The van der Waals surface area contributed by atoms with Gasteiger partial charge in [-0.05, 0) is 30.4 Å². The predicted octanol–water partition coefficient (Wildman–Crippen LogP) is 2.95. The Morgan fingerprint density at radius 3 is 3.00 bits per heavy atom. The Morgan fingerprint density at radius 1 is 1.40 bits per heavy atom. The third-order valence-electron chi connectivity index (χ3n) is 3.50. The van der Waals surface area contributed by atoms with Crippen molar-refractivity contribution in [2.45, 2.75) is 25.4 Å². The standard InChI is InChI=1S/C14H17ClN4S/c15-12-4-8-20-13(12)9-18-11-3-1-7-19(10-11)14-16-5-2-6-17-14/h2,4-6,8,11,18H,1,3,7,9-10H2. The van der Waals surface area contributed by atoms with E-state index in [1.165, 1.54) is 11.3 Å². The van der Waals surface area contributed by atoms with Crippen molar-refractivity contribution in [2.75, 3.05) is 18.0 Å². The number of hydrogen-bond acceptors (Lipinski definition) is 5. The van der Waals surface area contributed by atoms with Crippen molar-refractivity contribution in [1.82, 2.24) is 15.3 Å². The molecule has 4 nitrogen and oxygen atoms in total. The van der Waals surface area contributed by atoms with E-state index in [9.17, 15) is 0 Å². The van der Waals surface area contributed by atoms with Crippen molar-refractivity contribution < 1.29 is 0 Å². The predicted molar refractivity (Wildman–Crippen MR) is 83.4 cm³/mol. The summed E-state index contributed by atoms with van der Waals surface area (Å²) in [6, 6.07) is 4.27. The van der Waals surface area contributed by atoms with Gasteiger partial charge in [0.05, 0.1) is 5.02 Å². The van der Waals surface area contributed by atoms with Crippen molar-refractivity contribution in [1.29, 1.82) is 0 Å². The Hall–Kier alpha value is -1.17. The zero-order valence-electron chi connectivity index (χ0n) is 11.1. The van der Waals surface area contributed by atoms with E-state index in [1.54, 1.807) is 23.7 Å². The van der Waals surface area contributed by atoms with Crippen LogP contribution in [0.15, 0.2) is 29.9 Å². The Morgan fingerprint density at radius 2 is 2.25 bits per heavy atom. The van der Waals surface area contributed by atoms with Crippen LogP contribution in [0.4, 0.5) is 5.95 Å². The average molecular weight is 309 g/mol. The maximum Gasteiger partial charge on any atom is 0.225 e. The minimum atomic E-state index is 0.464. The van der Waals surface area contributed by atoms with E-state index in [2.05, 4.69) is 20.2 Å². The molecule has 1 aliphatic rings. The highest BCUT2D eigenvalue weighted by atomic mass is 35.5. The van der Waals surface area contributed by atoms with Crippen molar-refractivity contribution in [3.05, 3.63) is 39.8 Å². The summed E-state index contributed by atoms with van der Waals surface area (Å²) >= 11 is 7.82. The van der Waals surface area contributed by atoms with Gasteiger partial charge >= 0.3 is 0 Å². The van der Waals surface area contributed by atoms with Crippen LogP contribution in [-0.2, 0) is 6.54 Å². The smallest absolute Gasteiger partial charge is 0.225 e. The van der Waals surface area contributed by atoms with E-state index < -0.39 is 0 Å². The van der Waals surface area contributed by atoms with Crippen LogP contribution < -0.4 is 10.2 Å². The maximum absolute atomic E-state index is 6.12. The number of hydrogen-bond donors (Lipinski definition) is 1. The van der Waals surface area contributed by atoms with E-state index in [0.717, 1.165) is 37.0 Å². The summed E-state index contributed by atoms with van der Waals surface area (Å²) < 4.78 is 0. The first kappa shape index (κ1) is 13.8. The average Bonchev–Trinajstić information content (AvgIpc) is 2.92. The summed E-state index contributed by atoms with van der Waals surface area (Å²) in [6.07, 6.45) is 5.94. The fraction of sp³-hybridized carbons (Fsp3) is 0.429. The molecule has 0 aliphatic carbocycles. The molecule has 1 fully saturated rings. The fourth-order valence-corrected chi connectivity index (χ4v) is 3.52. The molecule has 0 amide bonds. The number of nitrogens with zero attached hydrogens (tertiary/aromatic N) is 3. The molecule has 0 saturated carbocycles. The first-order chi connectivity index (χ1) is 9.83. The SMILES string of the molecule is Clc1ccsc1CNC1CCCN(c2ncccn2)C1. The molecule has 0 spiro atoms. The number of nitrogens with one attached hydrogen (secondary N) is 1. The van der Waals surface area contributed by atoms with Crippen LogP contribution >= 0.6 is 22.9 Å². The van der Waals surface area contributed by atoms with Crippen molar-refractivity contribution in [3.63, 3.8) is 0 Å². The van der Waals surface area contributed by atoms with Gasteiger partial charge in [0.2, 0.25) is 5.95 Å². The molecule has 1 N–H and O–H groups in total. The quantitative estimate of drug-likeness (QED) is 0.943. The van der Waals surface area contributed by atoms with Crippen molar-refractivity contribution in [2.24, 2.45) is 0 Å². The second-order valence-electron chi connectivity index (χ2n) is 4.91. The van der Waals surface area contributed by atoms with Crippen LogP contribution in [-0.4, -0.2) is 29.1 Å². The Balaban J connectivity index is 1.57. The lowest BCUT2D eigenvalue weighted by atomic mass is 10.1. The number of halogens is 1. The van der Waals surface area contributed by atoms with Gasteiger partial charge in [-0.15, -0.1) is 11.3 Å². The van der Waals surface area contributed by atoms with Gasteiger partial charge in [0.25, 0.3) is 0 Å². The zero-order valence-corrected chi connectivity index (χ0v) is 12.7. The highest BCUT2D eigenvalue weighted by Gasteiger charge is 2.21. The third kappa shape index (κ3) is 3.29. The molecule has 0 aromatic carbocycles. The van der Waals surface area contributed by atoms with Gasteiger partial charge in [-0.1, -0.05) is 11.6 Å². The van der Waals surface area contributed by atoms with E-state index in [0.29, 0.717) is 6.04 Å². The van der Waals surface area contributed by atoms with Crippen molar-refractivity contribution >= 4 is 28.9 Å². The molecule has 2 aromatic heterocycles. The molecule has 20 heavy (non-hydrogen) atoms. The lowest BCUT2D eigenvalue weighted by Crippen LogP contribution is -2.46. The molecule has 2 aromatic rings. The number of thiophene rings is 1. The summed E-state index contributed by atoms with van der Waals surface area (Å²) in [4.78, 5) is 12.1. The van der Waals surface area contributed by atoms with Crippen LogP contribution in [0.1, 0.15) is 17.7 Å². The van der Waals surface area contributed by atoms with Crippen LogP contribution in [0.25, 0.3) is 0 Å². The first-order valence-electron chi connectivity index (χ1n) is 6.80. The highest BCUT2D eigenvalue weighted by molar-refractivity contribution is 7.10. The van der Waals surface area contributed by atoms with Crippen LogP contribution in [0, 0.1) is 0 Å². The molecule has 0 radical (unpaired) electrons. The summed E-state index contributed by atoms with van der Waals surface area (Å²) in [6.45, 7) is 2.82. The number of rotatable bonds is 4. The molecule has 3 heterocycles. The largest absolute Gasteiger partial charge is 0.339 e. The van der Waals surface area contributed by atoms with E-state index in [1.807, 2.05) is 17.5 Å². The molecular weight excluding hydrogens is 292 g/mol. The molecule has 106 valence electrons. The molecular formula is C14H17ClN4S. The van der Waals surface area contributed by atoms with E-state index >= 15 is 0 Å². The second kappa shape index (κ2) is 6.52. The fourth-order valence-electron chi connectivity index (χ4n) is 2.47. The molecule has 1 aliphatic heterocycles. The van der Waals surface area contributed by atoms with Gasteiger partial charge in [0.15, 0.2) is 0 Å². The van der Waals surface area contributed by atoms with Crippen molar-refractivity contribution in [3.8, 4) is 0 Å². The van der Waals surface area contributed by atoms with Gasteiger partial charge in [-0.2, -0.15) is 0 Å². The highest BCUT2D eigenvalue weighted by Crippen LogP contribution is 2.22. The molecule has 6 heteroatoms. The van der Waals surface area contributed by atoms with Crippen LogP contribution in [0.5, 0.6) is 0 Å². The Bertz CT molecular complexity index is 545. The van der Waals surface area contributed by atoms with Gasteiger partial charge < -0.3 is 10.2 Å². The van der Waals surface area contributed by atoms with Gasteiger partial charge in [0.1, 0.15) is 0 Å².